The van der Waals surface area contributed by atoms with Gasteiger partial charge < -0.3 is 13.7 Å². The molecule has 0 aliphatic rings. The molecule has 78 valence electrons. The van der Waals surface area contributed by atoms with Gasteiger partial charge in [0.15, 0.2) is 11.1 Å². The lowest BCUT2D eigenvalue weighted by molar-refractivity contribution is 0.0595. The Labute approximate surface area is 83.3 Å². The molecule has 0 saturated heterocycles. The number of aryl methyl sites for hydroxylation is 2. The van der Waals surface area contributed by atoms with E-state index in [4.69, 9.17) is 8.97 Å². The van der Waals surface area contributed by atoms with Crippen LogP contribution in [0.3, 0.4) is 0 Å². The van der Waals surface area contributed by atoms with E-state index < -0.39 is 17.0 Å². The molecule has 1 atom stereocenters. The van der Waals surface area contributed by atoms with Gasteiger partial charge in [-0.3, -0.25) is 0 Å². The first kappa shape index (κ1) is 10.9. The molecule has 6 heteroatoms. The van der Waals surface area contributed by atoms with Crippen molar-refractivity contribution in [3.63, 3.8) is 0 Å². The molecule has 0 spiro atoms. The Bertz CT molecular complexity index is 393. The van der Waals surface area contributed by atoms with E-state index in [0.717, 1.165) is 0 Å². The summed E-state index contributed by atoms with van der Waals surface area (Å²) < 4.78 is 29.4. The third kappa shape index (κ3) is 1.71. The van der Waals surface area contributed by atoms with Gasteiger partial charge in [0.25, 0.3) is 0 Å². The van der Waals surface area contributed by atoms with E-state index >= 15 is 0 Å². The highest BCUT2D eigenvalue weighted by molar-refractivity contribution is 7.79. The topological polar surface area (TPSA) is 76.7 Å². The third-order valence-corrected chi connectivity index (χ3v) is 2.61. The Hall–Kier alpha value is -1.14. The standard InChI is InChI=1S/C8H10O5S/c1-4-6(8(9)12-3)7(14(10)11)5(2)13-4/h1-3H3,(H,10,11). The zero-order chi connectivity index (χ0) is 10.9. The van der Waals surface area contributed by atoms with E-state index in [1.165, 1.54) is 21.0 Å². The summed E-state index contributed by atoms with van der Waals surface area (Å²) >= 11 is -2.25. The summed E-state index contributed by atoms with van der Waals surface area (Å²) in [5.41, 5.74) is 0.0332. The van der Waals surface area contributed by atoms with Crippen LogP contribution in [0.5, 0.6) is 0 Å². The van der Waals surface area contributed by atoms with E-state index in [0.29, 0.717) is 0 Å². The number of rotatable bonds is 2. The summed E-state index contributed by atoms with van der Waals surface area (Å²) in [6.45, 7) is 3.05. The second-order valence-corrected chi connectivity index (χ2v) is 3.57. The Morgan fingerprint density at radius 3 is 2.43 bits per heavy atom. The summed E-state index contributed by atoms with van der Waals surface area (Å²) in [7, 11) is 1.20. The summed E-state index contributed by atoms with van der Waals surface area (Å²) in [5, 5.41) is 0. The molecule has 1 aromatic rings. The second kappa shape index (κ2) is 3.93. The number of esters is 1. The largest absolute Gasteiger partial charge is 0.465 e. The first-order chi connectivity index (χ1) is 6.49. The van der Waals surface area contributed by atoms with Crippen LogP contribution < -0.4 is 0 Å². The minimum absolute atomic E-state index is 0.0191. The monoisotopic (exact) mass is 218 g/mol. The Balaban J connectivity index is 3.39. The summed E-state index contributed by atoms with van der Waals surface area (Å²) in [6.07, 6.45) is 0. The van der Waals surface area contributed by atoms with Crippen molar-refractivity contribution in [3.05, 3.63) is 17.1 Å². The van der Waals surface area contributed by atoms with Crippen molar-refractivity contribution in [2.75, 3.05) is 7.11 Å². The van der Waals surface area contributed by atoms with Crippen molar-refractivity contribution in [3.8, 4) is 0 Å². The van der Waals surface area contributed by atoms with Gasteiger partial charge in [0.05, 0.1) is 7.11 Å². The fourth-order valence-corrected chi connectivity index (χ4v) is 1.90. The highest BCUT2D eigenvalue weighted by Crippen LogP contribution is 2.24. The van der Waals surface area contributed by atoms with Crippen LogP contribution >= 0.6 is 0 Å². The Morgan fingerprint density at radius 2 is 2.00 bits per heavy atom. The van der Waals surface area contributed by atoms with Crippen LogP contribution in [0.15, 0.2) is 9.31 Å². The fraction of sp³-hybridized carbons (Fsp3) is 0.375. The molecule has 1 aromatic heterocycles. The van der Waals surface area contributed by atoms with Crippen LogP contribution in [0.25, 0.3) is 0 Å². The molecule has 1 N–H and O–H groups in total. The number of carbonyl (C=O) groups is 1. The van der Waals surface area contributed by atoms with Crippen molar-refractivity contribution in [2.45, 2.75) is 18.7 Å². The average Bonchev–Trinajstić information content (AvgIpc) is 2.39. The Morgan fingerprint density at radius 1 is 1.43 bits per heavy atom. The smallest absolute Gasteiger partial charge is 0.342 e. The summed E-state index contributed by atoms with van der Waals surface area (Å²) in [6, 6.07) is 0. The molecule has 0 saturated carbocycles. The number of carbonyl (C=O) groups excluding carboxylic acids is 1. The lowest BCUT2D eigenvalue weighted by atomic mass is 10.2. The molecular formula is C8H10O5S. The number of furan rings is 1. The van der Waals surface area contributed by atoms with Crippen molar-refractivity contribution in [1.29, 1.82) is 0 Å². The second-order valence-electron chi connectivity index (χ2n) is 2.66. The van der Waals surface area contributed by atoms with Crippen molar-refractivity contribution in [2.24, 2.45) is 0 Å². The molecule has 1 unspecified atom stereocenters. The van der Waals surface area contributed by atoms with Gasteiger partial charge in [-0.25, -0.2) is 9.00 Å². The van der Waals surface area contributed by atoms with Gasteiger partial charge in [0, 0.05) is 0 Å². The third-order valence-electron chi connectivity index (χ3n) is 1.77. The fourth-order valence-electron chi connectivity index (χ4n) is 1.21. The average molecular weight is 218 g/mol. The first-order valence-electron chi connectivity index (χ1n) is 3.78. The number of ether oxygens (including phenoxy) is 1. The maximum Gasteiger partial charge on any atom is 0.342 e. The predicted octanol–water partition coefficient (Wildman–Crippen LogP) is 1.26. The number of hydrogen-bond acceptors (Lipinski definition) is 4. The highest BCUT2D eigenvalue weighted by Gasteiger charge is 2.25. The minimum Gasteiger partial charge on any atom is -0.465 e. The Kier molecular flexibility index (Phi) is 3.07. The molecule has 14 heavy (non-hydrogen) atoms. The van der Waals surface area contributed by atoms with E-state index in [2.05, 4.69) is 4.74 Å². The van der Waals surface area contributed by atoms with Gasteiger partial charge in [-0.2, -0.15) is 0 Å². The van der Waals surface area contributed by atoms with Crippen molar-refractivity contribution in [1.82, 2.24) is 0 Å². The number of hydrogen-bond donors (Lipinski definition) is 1. The molecule has 0 bridgehead atoms. The maximum atomic E-state index is 11.2. The predicted molar refractivity (Wildman–Crippen MR) is 48.6 cm³/mol. The van der Waals surface area contributed by atoms with Crippen molar-refractivity contribution >= 4 is 17.0 Å². The van der Waals surface area contributed by atoms with Gasteiger partial charge in [0.1, 0.15) is 22.0 Å². The quantitative estimate of drug-likeness (QED) is 0.597. The molecular weight excluding hydrogens is 208 g/mol. The van der Waals surface area contributed by atoms with E-state index in [1.54, 1.807) is 0 Å². The maximum absolute atomic E-state index is 11.2. The van der Waals surface area contributed by atoms with Gasteiger partial charge in [-0.15, -0.1) is 0 Å². The van der Waals surface area contributed by atoms with Crippen LogP contribution in [-0.4, -0.2) is 21.8 Å². The summed E-state index contributed by atoms with van der Waals surface area (Å²) in [5.74, 6) is -0.132. The zero-order valence-corrected chi connectivity index (χ0v) is 8.80. The van der Waals surface area contributed by atoms with E-state index in [1.807, 2.05) is 0 Å². The molecule has 0 radical (unpaired) electrons. The highest BCUT2D eigenvalue weighted by atomic mass is 32.2. The number of methoxy groups -OCH3 is 1. The van der Waals surface area contributed by atoms with Crippen LogP contribution in [0.1, 0.15) is 21.9 Å². The lowest BCUT2D eigenvalue weighted by Gasteiger charge is -1.98. The van der Waals surface area contributed by atoms with Gasteiger partial charge in [-0.05, 0) is 13.8 Å². The molecule has 0 aliphatic carbocycles. The lowest BCUT2D eigenvalue weighted by Crippen LogP contribution is -2.06. The van der Waals surface area contributed by atoms with Crippen LogP contribution in [-0.2, 0) is 15.8 Å². The SMILES string of the molecule is COC(=O)c1c(C)oc(C)c1S(=O)O. The van der Waals surface area contributed by atoms with Crippen molar-refractivity contribution < 1.29 is 22.7 Å². The molecule has 1 rings (SSSR count). The van der Waals surface area contributed by atoms with Gasteiger partial charge in [0.2, 0.25) is 0 Å². The van der Waals surface area contributed by atoms with Crippen LogP contribution in [0.2, 0.25) is 0 Å². The zero-order valence-electron chi connectivity index (χ0n) is 7.99. The van der Waals surface area contributed by atoms with Gasteiger partial charge >= 0.3 is 5.97 Å². The molecule has 1 heterocycles. The van der Waals surface area contributed by atoms with E-state index in [9.17, 15) is 9.00 Å². The van der Waals surface area contributed by atoms with Crippen LogP contribution in [0.4, 0.5) is 0 Å². The van der Waals surface area contributed by atoms with E-state index in [-0.39, 0.29) is 22.0 Å². The molecule has 5 nitrogen and oxygen atoms in total. The molecule has 0 fully saturated rings. The minimum atomic E-state index is -2.25. The summed E-state index contributed by atoms with van der Waals surface area (Å²) in [4.78, 5) is 11.2. The molecule has 0 amide bonds. The van der Waals surface area contributed by atoms with Gasteiger partial charge in [-0.1, -0.05) is 0 Å². The normalized spacial score (nSPS) is 12.6. The first-order valence-corrected chi connectivity index (χ1v) is 4.88. The van der Waals surface area contributed by atoms with Crippen LogP contribution in [0, 0.1) is 13.8 Å². The molecule has 0 aromatic carbocycles. The molecule has 0 aliphatic heterocycles.